The molecule has 2 heterocycles. The van der Waals surface area contributed by atoms with Gasteiger partial charge in [-0.3, -0.25) is 9.36 Å². The Bertz CT molecular complexity index is 1090. The molecule has 134 valence electrons. The maximum absolute atomic E-state index is 12.5. The number of H-pyrrole nitrogens is 1. The lowest BCUT2D eigenvalue weighted by Gasteiger charge is -2.18. The van der Waals surface area contributed by atoms with Crippen LogP contribution in [-0.2, 0) is 13.0 Å². The zero-order valence-electron chi connectivity index (χ0n) is 14.7. The number of hydrogen-bond donors (Lipinski definition) is 1. The quantitative estimate of drug-likeness (QED) is 0.783. The number of aromatic amines is 1. The summed E-state index contributed by atoms with van der Waals surface area (Å²) in [5.41, 5.74) is 0.634. The summed E-state index contributed by atoms with van der Waals surface area (Å²) in [5, 5.41) is 0.484. The predicted molar refractivity (Wildman–Crippen MR) is 99.2 cm³/mol. The van der Waals surface area contributed by atoms with Gasteiger partial charge in [-0.25, -0.2) is 4.79 Å². The second-order valence-corrected chi connectivity index (χ2v) is 7.06. The average molecular weight is 352 g/mol. The van der Waals surface area contributed by atoms with Crippen LogP contribution in [0.2, 0.25) is 0 Å². The normalized spacial score (nSPS) is 14.8. The lowest BCUT2D eigenvalue weighted by Crippen LogP contribution is -2.36. The Morgan fingerprint density at radius 2 is 1.96 bits per heavy atom. The molecule has 4 rings (SSSR count). The Hall–Kier alpha value is -3.02. The number of rotatable bonds is 4. The molecule has 0 bridgehead atoms. The topological polar surface area (TPSA) is 73.3 Å². The smallest absolute Gasteiger partial charge is 0.328 e. The second-order valence-electron chi connectivity index (χ2n) is 7.06. The molecule has 0 amide bonds. The number of fused-ring (bicyclic) bond motifs is 2. The van der Waals surface area contributed by atoms with Crippen molar-refractivity contribution in [3.8, 4) is 11.5 Å². The van der Waals surface area contributed by atoms with Gasteiger partial charge in [-0.15, -0.1) is 0 Å². The molecule has 6 heteroatoms. The number of nitrogens with zero attached hydrogens (tertiary/aromatic N) is 1. The Balaban J connectivity index is 1.56. The minimum absolute atomic E-state index is 0.159. The molecule has 0 saturated carbocycles. The first kappa shape index (κ1) is 16.4. The number of para-hydroxylation sites is 2. The van der Waals surface area contributed by atoms with Crippen LogP contribution in [0.25, 0.3) is 10.9 Å². The fourth-order valence-electron chi connectivity index (χ4n) is 3.35. The summed E-state index contributed by atoms with van der Waals surface area (Å²) in [6, 6.07) is 12.8. The first-order chi connectivity index (χ1) is 12.4. The van der Waals surface area contributed by atoms with E-state index < -0.39 is 5.69 Å². The maximum atomic E-state index is 12.5. The molecule has 0 aliphatic carbocycles. The Morgan fingerprint density at radius 3 is 2.81 bits per heavy atom. The highest BCUT2D eigenvalue weighted by Gasteiger charge is 2.32. The van der Waals surface area contributed by atoms with Gasteiger partial charge in [0.05, 0.1) is 17.4 Å². The molecule has 2 aromatic carbocycles. The van der Waals surface area contributed by atoms with Gasteiger partial charge in [0.2, 0.25) is 0 Å². The van der Waals surface area contributed by atoms with E-state index in [2.05, 4.69) is 4.98 Å². The first-order valence-corrected chi connectivity index (χ1v) is 8.60. The lowest BCUT2D eigenvalue weighted by molar-refractivity contribution is 0.131. The number of nitrogens with one attached hydrogen (secondary N) is 1. The molecule has 0 spiro atoms. The monoisotopic (exact) mass is 352 g/mol. The molecule has 0 atom stereocenters. The van der Waals surface area contributed by atoms with Crippen molar-refractivity contribution in [2.24, 2.45) is 0 Å². The van der Waals surface area contributed by atoms with Crippen LogP contribution in [0.15, 0.2) is 52.1 Å². The molecule has 6 nitrogen and oxygen atoms in total. The standard InChI is InChI=1S/C20H20N2O4/c1-20(2)12-13-6-5-9-16(17(13)26-20)25-11-10-22-18(23)14-7-3-4-8-15(14)21-19(22)24/h3-9H,10-12H2,1-2H3,(H,21,24). The molecule has 1 aliphatic rings. The molecular formula is C20H20N2O4. The van der Waals surface area contributed by atoms with Gasteiger partial charge in [0.15, 0.2) is 11.5 Å². The molecule has 3 aromatic rings. The summed E-state index contributed by atoms with van der Waals surface area (Å²) in [6.45, 7) is 4.42. The van der Waals surface area contributed by atoms with Crippen molar-refractivity contribution in [3.05, 3.63) is 68.9 Å². The van der Waals surface area contributed by atoms with Gasteiger partial charge in [-0.2, -0.15) is 0 Å². The van der Waals surface area contributed by atoms with Gasteiger partial charge in [-0.05, 0) is 32.0 Å². The van der Waals surface area contributed by atoms with Gasteiger partial charge in [0.1, 0.15) is 12.2 Å². The van der Waals surface area contributed by atoms with Crippen molar-refractivity contribution >= 4 is 10.9 Å². The van der Waals surface area contributed by atoms with Crippen molar-refractivity contribution in [2.45, 2.75) is 32.4 Å². The molecule has 0 saturated heterocycles. The zero-order valence-corrected chi connectivity index (χ0v) is 14.7. The van der Waals surface area contributed by atoms with Gasteiger partial charge in [0, 0.05) is 12.0 Å². The summed E-state index contributed by atoms with van der Waals surface area (Å²) in [4.78, 5) is 27.5. The predicted octanol–water partition coefficient (Wildman–Crippen LogP) is 2.48. The molecule has 1 N–H and O–H groups in total. The highest BCUT2D eigenvalue weighted by atomic mass is 16.5. The van der Waals surface area contributed by atoms with Crippen LogP contribution in [-0.4, -0.2) is 21.8 Å². The Morgan fingerprint density at radius 1 is 1.15 bits per heavy atom. The minimum atomic E-state index is -0.437. The number of aromatic nitrogens is 2. The molecule has 0 unspecified atom stereocenters. The van der Waals surface area contributed by atoms with Crippen LogP contribution in [0.4, 0.5) is 0 Å². The first-order valence-electron chi connectivity index (χ1n) is 8.60. The molecular weight excluding hydrogens is 332 g/mol. The fourth-order valence-corrected chi connectivity index (χ4v) is 3.35. The summed E-state index contributed by atoms with van der Waals surface area (Å²) in [6.07, 6.45) is 0.823. The van der Waals surface area contributed by atoms with E-state index in [1.54, 1.807) is 24.3 Å². The fraction of sp³-hybridized carbons (Fsp3) is 0.300. The maximum Gasteiger partial charge on any atom is 0.328 e. The van der Waals surface area contributed by atoms with Crippen LogP contribution < -0.4 is 20.7 Å². The van der Waals surface area contributed by atoms with Crippen molar-refractivity contribution in [1.29, 1.82) is 0 Å². The highest BCUT2D eigenvalue weighted by Crippen LogP contribution is 2.41. The third-order valence-electron chi connectivity index (χ3n) is 4.52. The summed E-state index contributed by atoms with van der Waals surface area (Å²) >= 11 is 0. The van der Waals surface area contributed by atoms with Crippen molar-refractivity contribution in [2.75, 3.05) is 6.61 Å². The van der Waals surface area contributed by atoms with E-state index in [0.717, 1.165) is 22.3 Å². The van der Waals surface area contributed by atoms with E-state index in [9.17, 15) is 9.59 Å². The number of hydrogen-bond acceptors (Lipinski definition) is 4. The van der Waals surface area contributed by atoms with E-state index in [0.29, 0.717) is 16.7 Å². The van der Waals surface area contributed by atoms with Gasteiger partial charge in [0.25, 0.3) is 5.56 Å². The second kappa shape index (κ2) is 6.05. The number of ether oxygens (including phenoxy) is 2. The molecule has 0 radical (unpaired) electrons. The Kier molecular flexibility index (Phi) is 3.83. The van der Waals surface area contributed by atoms with Crippen molar-refractivity contribution in [1.82, 2.24) is 9.55 Å². The lowest BCUT2D eigenvalue weighted by atomic mass is 10.0. The van der Waals surface area contributed by atoms with E-state index in [1.807, 2.05) is 32.0 Å². The van der Waals surface area contributed by atoms with Gasteiger partial charge in [-0.1, -0.05) is 24.3 Å². The van der Waals surface area contributed by atoms with Crippen molar-refractivity contribution < 1.29 is 9.47 Å². The molecule has 1 aromatic heterocycles. The van der Waals surface area contributed by atoms with Gasteiger partial charge < -0.3 is 14.5 Å². The van der Waals surface area contributed by atoms with Crippen LogP contribution in [0.5, 0.6) is 11.5 Å². The summed E-state index contributed by atoms with van der Waals surface area (Å²) in [5.74, 6) is 1.38. The molecule has 0 fully saturated rings. The SMILES string of the molecule is CC1(C)Cc2cccc(OCCn3c(=O)[nH]c4ccccc4c3=O)c2O1. The van der Waals surface area contributed by atoms with Gasteiger partial charge >= 0.3 is 5.69 Å². The van der Waals surface area contributed by atoms with Crippen LogP contribution in [0.1, 0.15) is 19.4 Å². The van der Waals surface area contributed by atoms with Crippen molar-refractivity contribution in [3.63, 3.8) is 0 Å². The zero-order chi connectivity index (χ0) is 18.3. The van der Waals surface area contributed by atoms with Crippen LogP contribution in [0.3, 0.4) is 0 Å². The Labute approximate surface area is 150 Å². The third kappa shape index (κ3) is 2.87. The van der Waals surface area contributed by atoms with Crippen LogP contribution >= 0.6 is 0 Å². The third-order valence-corrected chi connectivity index (χ3v) is 4.52. The molecule has 1 aliphatic heterocycles. The number of benzene rings is 2. The average Bonchev–Trinajstić information content (AvgIpc) is 2.92. The van der Waals surface area contributed by atoms with E-state index in [1.165, 1.54) is 0 Å². The highest BCUT2D eigenvalue weighted by molar-refractivity contribution is 5.76. The van der Waals surface area contributed by atoms with Crippen LogP contribution in [0, 0.1) is 0 Å². The minimum Gasteiger partial charge on any atom is -0.488 e. The van der Waals surface area contributed by atoms with E-state index >= 15 is 0 Å². The largest absolute Gasteiger partial charge is 0.488 e. The molecule has 26 heavy (non-hydrogen) atoms. The summed E-state index contributed by atoms with van der Waals surface area (Å²) in [7, 11) is 0. The van der Waals surface area contributed by atoms with E-state index in [4.69, 9.17) is 9.47 Å². The summed E-state index contributed by atoms with van der Waals surface area (Å²) < 4.78 is 13.0. The van der Waals surface area contributed by atoms with E-state index in [-0.39, 0.29) is 24.3 Å².